The Morgan fingerprint density at radius 2 is 1.77 bits per heavy atom. The predicted molar refractivity (Wildman–Crippen MR) is 120 cm³/mol. The first-order valence-corrected chi connectivity index (χ1v) is 10.3. The Kier molecular flexibility index (Phi) is 5.86. The Morgan fingerprint density at radius 3 is 2.50 bits per heavy atom. The summed E-state index contributed by atoms with van der Waals surface area (Å²) in [6, 6.07) is 22.6. The molecule has 0 saturated heterocycles. The molecule has 1 atom stereocenters. The molecular formula is C24H21BrN2O3. The van der Waals surface area contributed by atoms with Crippen LogP contribution in [0.1, 0.15) is 33.9 Å². The van der Waals surface area contributed by atoms with Gasteiger partial charge in [-0.15, -0.1) is 0 Å². The number of benzene rings is 3. The normalized spacial score (nSPS) is 15.6. The molecule has 1 unspecified atom stereocenters. The van der Waals surface area contributed by atoms with Crippen LogP contribution in [0.5, 0.6) is 11.5 Å². The number of amides is 1. The van der Waals surface area contributed by atoms with Crippen molar-refractivity contribution in [2.45, 2.75) is 12.5 Å². The van der Waals surface area contributed by atoms with Gasteiger partial charge < -0.3 is 9.47 Å². The topological polar surface area (TPSA) is 51.1 Å². The van der Waals surface area contributed by atoms with Gasteiger partial charge in [0.15, 0.2) is 0 Å². The summed E-state index contributed by atoms with van der Waals surface area (Å²) < 4.78 is 11.9. The van der Waals surface area contributed by atoms with Crippen molar-refractivity contribution in [3.8, 4) is 11.5 Å². The number of halogens is 1. The highest BCUT2D eigenvalue weighted by atomic mass is 79.9. The Balaban J connectivity index is 1.76. The molecule has 1 heterocycles. The number of nitrogens with zero attached hydrogens (tertiary/aromatic N) is 2. The number of methoxy groups -OCH3 is 2. The maximum atomic E-state index is 13.4. The van der Waals surface area contributed by atoms with E-state index in [0.29, 0.717) is 17.7 Å². The predicted octanol–water partition coefficient (Wildman–Crippen LogP) is 5.46. The van der Waals surface area contributed by atoms with E-state index in [4.69, 9.17) is 14.6 Å². The van der Waals surface area contributed by atoms with Gasteiger partial charge in [0.1, 0.15) is 11.5 Å². The molecule has 1 aliphatic heterocycles. The standard InChI is InChI=1S/C24H21BrN2O3/c1-29-19-7-5-6-17(14-19)24(28)27-22(20-8-3-4-9-23(20)30-2)15-21(26-27)16-10-12-18(25)13-11-16/h3-14,22H,15H2,1-2H3. The monoisotopic (exact) mass is 464 g/mol. The van der Waals surface area contributed by atoms with Gasteiger partial charge in [0.25, 0.3) is 5.91 Å². The summed E-state index contributed by atoms with van der Waals surface area (Å²) in [6.45, 7) is 0. The fourth-order valence-electron chi connectivity index (χ4n) is 3.59. The Labute approximate surface area is 184 Å². The lowest BCUT2D eigenvalue weighted by Crippen LogP contribution is -2.27. The number of hydrogen-bond donors (Lipinski definition) is 0. The Morgan fingerprint density at radius 1 is 1.00 bits per heavy atom. The second-order valence-electron chi connectivity index (χ2n) is 6.90. The summed E-state index contributed by atoms with van der Waals surface area (Å²) in [5, 5.41) is 6.30. The van der Waals surface area contributed by atoms with E-state index in [1.165, 1.54) is 0 Å². The number of hydrazone groups is 1. The molecule has 1 aliphatic rings. The molecule has 3 aromatic carbocycles. The zero-order valence-electron chi connectivity index (χ0n) is 16.7. The highest BCUT2D eigenvalue weighted by Crippen LogP contribution is 2.38. The van der Waals surface area contributed by atoms with Gasteiger partial charge in [0, 0.05) is 22.0 Å². The van der Waals surface area contributed by atoms with Gasteiger partial charge in [0.2, 0.25) is 0 Å². The number of ether oxygens (including phenoxy) is 2. The first-order chi connectivity index (χ1) is 14.6. The Bertz CT molecular complexity index is 1100. The molecule has 5 nitrogen and oxygen atoms in total. The third-order valence-electron chi connectivity index (χ3n) is 5.11. The molecule has 0 spiro atoms. The van der Waals surface area contributed by atoms with Crippen molar-refractivity contribution in [3.05, 3.63) is 94.0 Å². The number of carbonyl (C=O) groups is 1. The average molecular weight is 465 g/mol. The van der Waals surface area contributed by atoms with Crippen LogP contribution in [0.25, 0.3) is 0 Å². The smallest absolute Gasteiger partial charge is 0.274 e. The van der Waals surface area contributed by atoms with Crippen LogP contribution >= 0.6 is 15.9 Å². The fraction of sp³-hybridized carbons (Fsp3) is 0.167. The molecule has 0 saturated carbocycles. The van der Waals surface area contributed by atoms with E-state index in [1.54, 1.807) is 37.4 Å². The lowest BCUT2D eigenvalue weighted by molar-refractivity contribution is 0.0709. The summed E-state index contributed by atoms with van der Waals surface area (Å²) in [6.07, 6.45) is 0.595. The summed E-state index contributed by atoms with van der Waals surface area (Å²) >= 11 is 3.47. The lowest BCUT2D eigenvalue weighted by atomic mass is 9.97. The molecule has 0 N–H and O–H groups in total. The maximum absolute atomic E-state index is 13.4. The summed E-state index contributed by atoms with van der Waals surface area (Å²) in [5.41, 5.74) is 3.29. The van der Waals surface area contributed by atoms with Gasteiger partial charge in [-0.2, -0.15) is 5.10 Å². The van der Waals surface area contributed by atoms with Crippen molar-refractivity contribution in [2.75, 3.05) is 14.2 Å². The number of hydrogen-bond acceptors (Lipinski definition) is 4. The van der Waals surface area contributed by atoms with Crippen molar-refractivity contribution in [1.82, 2.24) is 5.01 Å². The van der Waals surface area contributed by atoms with Gasteiger partial charge in [0.05, 0.1) is 26.0 Å². The molecule has 152 valence electrons. The van der Waals surface area contributed by atoms with Gasteiger partial charge in [-0.3, -0.25) is 4.79 Å². The first kappa shape index (κ1) is 20.2. The second kappa shape index (κ2) is 8.71. The van der Waals surface area contributed by atoms with Gasteiger partial charge >= 0.3 is 0 Å². The van der Waals surface area contributed by atoms with Gasteiger partial charge in [-0.1, -0.05) is 52.3 Å². The molecular weight excluding hydrogens is 444 g/mol. The molecule has 0 aliphatic carbocycles. The van der Waals surface area contributed by atoms with E-state index in [-0.39, 0.29) is 11.9 Å². The highest BCUT2D eigenvalue weighted by Gasteiger charge is 2.35. The van der Waals surface area contributed by atoms with Crippen LogP contribution in [0, 0.1) is 0 Å². The van der Waals surface area contributed by atoms with Crippen LogP contribution in [0.3, 0.4) is 0 Å². The van der Waals surface area contributed by atoms with E-state index >= 15 is 0 Å². The quantitative estimate of drug-likeness (QED) is 0.503. The van der Waals surface area contributed by atoms with Crippen molar-refractivity contribution in [3.63, 3.8) is 0 Å². The fourth-order valence-corrected chi connectivity index (χ4v) is 3.85. The summed E-state index contributed by atoms with van der Waals surface area (Å²) in [7, 11) is 3.22. The van der Waals surface area contributed by atoms with Gasteiger partial charge in [-0.05, 0) is 42.0 Å². The molecule has 6 heteroatoms. The lowest BCUT2D eigenvalue weighted by Gasteiger charge is -2.23. The van der Waals surface area contributed by atoms with Crippen LogP contribution in [-0.2, 0) is 0 Å². The molecule has 0 aromatic heterocycles. The molecule has 0 fully saturated rings. The summed E-state index contributed by atoms with van der Waals surface area (Å²) in [5.74, 6) is 1.18. The average Bonchev–Trinajstić information content (AvgIpc) is 3.24. The molecule has 0 bridgehead atoms. The molecule has 4 rings (SSSR count). The minimum absolute atomic E-state index is 0.183. The van der Waals surface area contributed by atoms with Crippen LogP contribution in [0.2, 0.25) is 0 Å². The minimum atomic E-state index is -0.265. The zero-order chi connectivity index (χ0) is 21.1. The number of rotatable bonds is 5. The third kappa shape index (κ3) is 3.96. The number of para-hydroxylation sites is 1. The van der Waals surface area contributed by atoms with E-state index in [9.17, 15) is 4.79 Å². The van der Waals surface area contributed by atoms with Gasteiger partial charge in [-0.25, -0.2) is 5.01 Å². The zero-order valence-corrected chi connectivity index (χ0v) is 18.3. The Hall–Kier alpha value is -3.12. The molecule has 30 heavy (non-hydrogen) atoms. The first-order valence-electron chi connectivity index (χ1n) is 9.54. The van der Waals surface area contributed by atoms with E-state index in [0.717, 1.165) is 27.1 Å². The largest absolute Gasteiger partial charge is 0.497 e. The molecule has 1 amide bonds. The van der Waals surface area contributed by atoms with E-state index in [1.807, 2.05) is 54.6 Å². The maximum Gasteiger partial charge on any atom is 0.274 e. The van der Waals surface area contributed by atoms with Crippen molar-refractivity contribution in [2.24, 2.45) is 5.10 Å². The van der Waals surface area contributed by atoms with Crippen molar-refractivity contribution in [1.29, 1.82) is 0 Å². The van der Waals surface area contributed by atoms with E-state index < -0.39 is 0 Å². The SMILES string of the molecule is COc1cccc(C(=O)N2N=C(c3ccc(Br)cc3)CC2c2ccccc2OC)c1. The molecule has 0 radical (unpaired) electrons. The second-order valence-corrected chi connectivity index (χ2v) is 7.81. The van der Waals surface area contributed by atoms with Crippen LogP contribution < -0.4 is 9.47 Å². The number of carbonyl (C=O) groups excluding carboxylic acids is 1. The minimum Gasteiger partial charge on any atom is -0.497 e. The van der Waals surface area contributed by atoms with Crippen LogP contribution in [0.4, 0.5) is 0 Å². The highest BCUT2D eigenvalue weighted by molar-refractivity contribution is 9.10. The van der Waals surface area contributed by atoms with Crippen LogP contribution in [0.15, 0.2) is 82.4 Å². The van der Waals surface area contributed by atoms with Crippen molar-refractivity contribution >= 4 is 27.5 Å². The van der Waals surface area contributed by atoms with E-state index in [2.05, 4.69) is 15.9 Å². The summed E-state index contributed by atoms with van der Waals surface area (Å²) in [4.78, 5) is 13.4. The van der Waals surface area contributed by atoms with Crippen LogP contribution in [-0.4, -0.2) is 30.8 Å². The molecule has 3 aromatic rings. The third-order valence-corrected chi connectivity index (χ3v) is 5.64. The van der Waals surface area contributed by atoms with Crippen molar-refractivity contribution < 1.29 is 14.3 Å².